The van der Waals surface area contributed by atoms with Crippen molar-refractivity contribution in [2.75, 3.05) is 25.2 Å². The van der Waals surface area contributed by atoms with E-state index in [9.17, 15) is 4.21 Å². The van der Waals surface area contributed by atoms with E-state index in [1.807, 2.05) is 0 Å². The van der Waals surface area contributed by atoms with Gasteiger partial charge >= 0.3 is 0 Å². The standard InChI is InChI=1S/C17H18N6O3S/c1-20-27(24)10-5-6-12(25-2)11(8-10)23-17-14(16(19)21-9-22-17)15(18)13-4-3-7-26-13/h3-9,18,20H,1-2H3,(H3,19,21,22,23). The molecule has 2 heterocycles. The van der Waals surface area contributed by atoms with Crippen LogP contribution in [-0.2, 0) is 11.0 Å². The summed E-state index contributed by atoms with van der Waals surface area (Å²) in [5, 5.41) is 11.5. The first-order valence-corrected chi connectivity index (χ1v) is 8.97. The topological polar surface area (TPSA) is 139 Å². The highest BCUT2D eigenvalue weighted by Gasteiger charge is 2.19. The molecule has 0 aliphatic heterocycles. The van der Waals surface area contributed by atoms with Crippen molar-refractivity contribution in [2.45, 2.75) is 4.90 Å². The summed E-state index contributed by atoms with van der Waals surface area (Å²) in [7, 11) is 1.75. The van der Waals surface area contributed by atoms with Crippen LogP contribution < -0.4 is 20.5 Å². The van der Waals surface area contributed by atoms with Gasteiger partial charge in [0.1, 0.15) is 40.4 Å². The van der Waals surface area contributed by atoms with Gasteiger partial charge in [0.15, 0.2) is 5.76 Å². The van der Waals surface area contributed by atoms with E-state index in [-0.39, 0.29) is 17.1 Å². The van der Waals surface area contributed by atoms with Gasteiger partial charge in [0.2, 0.25) is 0 Å². The number of nitrogens with one attached hydrogen (secondary N) is 3. The molecule has 2 aromatic heterocycles. The largest absolute Gasteiger partial charge is 0.495 e. The quantitative estimate of drug-likeness (QED) is 0.456. The molecule has 0 amide bonds. The number of aromatic nitrogens is 2. The van der Waals surface area contributed by atoms with Crippen LogP contribution in [0.15, 0.2) is 52.2 Å². The molecule has 9 nitrogen and oxygen atoms in total. The Balaban J connectivity index is 2.05. The lowest BCUT2D eigenvalue weighted by molar-refractivity contribution is 0.416. The Hall–Kier alpha value is -3.24. The maximum atomic E-state index is 12.0. The molecule has 3 aromatic rings. The van der Waals surface area contributed by atoms with Gasteiger partial charge in [-0.2, -0.15) is 0 Å². The summed E-state index contributed by atoms with van der Waals surface area (Å²) in [6.07, 6.45) is 2.76. The number of nitrogens with zero attached hydrogens (tertiary/aromatic N) is 2. The Morgan fingerprint density at radius 3 is 2.81 bits per heavy atom. The monoisotopic (exact) mass is 386 g/mol. The van der Waals surface area contributed by atoms with Crippen LogP contribution in [0.5, 0.6) is 5.75 Å². The molecule has 0 aliphatic rings. The predicted octanol–water partition coefficient (Wildman–Crippen LogP) is 2.06. The molecule has 10 heteroatoms. The highest BCUT2D eigenvalue weighted by molar-refractivity contribution is 7.83. The molecule has 0 saturated carbocycles. The van der Waals surface area contributed by atoms with Crippen molar-refractivity contribution in [3.8, 4) is 5.75 Å². The van der Waals surface area contributed by atoms with Crippen molar-refractivity contribution in [3.05, 3.63) is 54.2 Å². The third-order valence-corrected chi connectivity index (χ3v) is 4.77. The van der Waals surface area contributed by atoms with Crippen LogP contribution in [0.4, 0.5) is 17.3 Å². The average Bonchev–Trinajstić information content (AvgIpc) is 3.22. The maximum Gasteiger partial charge on any atom is 0.152 e. The first-order valence-electron chi connectivity index (χ1n) is 7.82. The maximum absolute atomic E-state index is 12.0. The highest BCUT2D eigenvalue weighted by Crippen LogP contribution is 2.31. The van der Waals surface area contributed by atoms with E-state index in [2.05, 4.69) is 20.0 Å². The first-order chi connectivity index (χ1) is 13.0. The van der Waals surface area contributed by atoms with Crippen molar-refractivity contribution < 1.29 is 13.4 Å². The molecule has 0 bridgehead atoms. The van der Waals surface area contributed by atoms with Crippen LogP contribution in [0, 0.1) is 5.41 Å². The van der Waals surface area contributed by atoms with Crippen LogP contribution in [0.25, 0.3) is 0 Å². The minimum atomic E-state index is -1.37. The third kappa shape index (κ3) is 3.81. The summed E-state index contributed by atoms with van der Waals surface area (Å²) in [5.41, 5.74) is 6.83. The SMILES string of the molecule is CNS(=O)c1ccc(OC)c(Nc2ncnc(N)c2C(=N)c2ccco2)c1. The van der Waals surface area contributed by atoms with Crippen LogP contribution in [-0.4, -0.2) is 34.0 Å². The number of hydrogen-bond acceptors (Lipinski definition) is 8. The molecule has 0 fully saturated rings. The Kier molecular flexibility index (Phi) is 5.48. The van der Waals surface area contributed by atoms with E-state index in [4.69, 9.17) is 20.3 Å². The second-order valence-corrected chi connectivity index (χ2v) is 6.71. The second kappa shape index (κ2) is 7.98. The molecule has 1 atom stereocenters. The molecule has 140 valence electrons. The van der Waals surface area contributed by atoms with E-state index in [1.165, 1.54) is 19.7 Å². The van der Waals surface area contributed by atoms with Gasteiger partial charge in [-0.1, -0.05) is 0 Å². The van der Waals surface area contributed by atoms with Crippen molar-refractivity contribution in [1.82, 2.24) is 14.7 Å². The number of hydrogen-bond donors (Lipinski definition) is 4. The van der Waals surface area contributed by atoms with Gasteiger partial charge in [-0.25, -0.2) is 18.9 Å². The number of nitrogen functional groups attached to an aromatic ring is 1. The number of methoxy groups -OCH3 is 1. The fraction of sp³-hybridized carbons (Fsp3) is 0.118. The summed E-state index contributed by atoms with van der Waals surface area (Å²) in [4.78, 5) is 8.72. The third-order valence-electron chi connectivity index (χ3n) is 3.72. The predicted molar refractivity (Wildman–Crippen MR) is 103 cm³/mol. The smallest absolute Gasteiger partial charge is 0.152 e. The Morgan fingerprint density at radius 1 is 1.33 bits per heavy atom. The molecule has 1 aromatic carbocycles. The Bertz CT molecular complexity index is 990. The van der Waals surface area contributed by atoms with E-state index in [1.54, 1.807) is 37.4 Å². The summed E-state index contributed by atoms with van der Waals surface area (Å²) in [5.74, 6) is 1.27. The molecule has 5 N–H and O–H groups in total. The minimum Gasteiger partial charge on any atom is -0.495 e. The molecular formula is C17H18N6O3S. The Morgan fingerprint density at radius 2 is 2.15 bits per heavy atom. The number of nitrogens with two attached hydrogens (primary N) is 1. The fourth-order valence-corrected chi connectivity index (χ4v) is 3.08. The molecular weight excluding hydrogens is 368 g/mol. The van der Waals surface area contributed by atoms with Gasteiger partial charge in [0, 0.05) is 0 Å². The summed E-state index contributed by atoms with van der Waals surface area (Å²) in [6.45, 7) is 0. The molecule has 0 radical (unpaired) electrons. The highest BCUT2D eigenvalue weighted by atomic mass is 32.2. The van der Waals surface area contributed by atoms with Crippen molar-refractivity contribution in [3.63, 3.8) is 0 Å². The van der Waals surface area contributed by atoms with Crippen LogP contribution in [0.3, 0.4) is 0 Å². The van der Waals surface area contributed by atoms with Gasteiger partial charge in [0.25, 0.3) is 0 Å². The second-order valence-electron chi connectivity index (χ2n) is 5.29. The van der Waals surface area contributed by atoms with Gasteiger partial charge < -0.3 is 20.2 Å². The minimum absolute atomic E-state index is 0.0366. The molecule has 27 heavy (non-hydrogen) atoms. The number of ether oxygens (including phenoxy) is 1. The molecule has 0 spiro atoms. The zero-order chi connectivity index (χ0) is 19.4. The van der Waals surface area contributed by atoms with E-state index >= 15 is 0 Å². The summed E-state index contributed by atoms with van der Waals surface area (Å²) in [6, 6.07) is 8.38. The van der Waals surface area contributed by atoms with Crippen LogP contribution >= 0.6 is 0 Å². The van der Waals surface area contributed by atoms with Gasteiger partial charge in [0.05, 0.1) is 29.5 Å². The molecule has 3 rings (SSSR count). The fourth-order valence-electron chi connectivity index (χ4n) is 2.43. The molecule has 0 aliphatic carbocycles. The van der Waals surface area contributed by atoms with Gasteiger partial charge in [-0.05, 0) is 37.4 Å². The lowest BCUT2D eigenvalue weighted by Crippen LogP contribution is -2.13. The lowest BCUT2D eigenvalue weighted by Gasteiger charge is -2.15. The van der Waals surface area contributed by atoms with E-state index in [0.29, 0.717) is 27.9 Å². The first kappa shape index (κ1) is 18.5. The van der Waals surface area contributed by atoms with E-state index < -0.39 is 11.0 Å². The van der Waals surface area contributed by atoms with E-state index in [0.717, 1.165) is 0 Å². The van der Waals surface area contributed by atoms with Crippen molar-refractivity contribution in [1.29, 1.82) is 5.41 Å². The summed E-state index contributed by atoms with van der Waals surface area (Å²) < 4.78 is 25.4. The lowest BCUT2D eigenvalue weighted by atomic mass is 10.1. The number of benzene rings is 1. The summed E-state index contributed by atoms with van der Waals surface area (Å²) >= 11 is 0. The normalized spacial score (nSPS) is 11.8. The zero-order valence-electron chi connectivity index (χ0n) is 14.6. The molecule has 1 unspecified atom stereocenters. The molecule has 0 saturated heterocycles. The average molecular weight is 386 g/mol. The number of rotatable bonds is 7. The number of furan rings is 1. The van der Waals surface area contributed by atoms with Crippen LogP contribution in [0.1, 0.15) is 11.3 Å². The van der Waals surface area contributed by atoms with Crippen molar-refractivity contribution in [2.24, 2.45) is 0 Å². The number of anilines is 3. The zero-order valence-corrected chi connectivity index (χ0v) is 15.5. The van der Waals surface area contributed by atoms with Crippen molar-refractivity contribution >= 4 is 34.0 Å². The Labute approximate surface area is 158 Å². The van der Waals surface area contributed by atoms with Gasteiger partial charge in [-0.3, -0.25) is 5.41 Å². The van der Waals surface area contributed by atoms with Gasteiger partial charge in [-0.15, -0.1) is 0 Å². The van der Waals surface area contributed by atoms with Crippen LogP contribution in [0.2, 0.25) is 0 Å².